The van der Waals surface area contributed by atoms with Crippen LogP contribution in [0.2, 0.25) is 0 Å². The number of hydrogen-bond acceptors (Lipinski definition) is 1. The van der Waals surface area contributed by atoms with E-state index in [1.807, 2.05) is 0 Å². The standard InChI is InChI=1S/C27H56O/c1-4-7-10-13-15-16-18-21-24-27(23-20-17-14-11-8-5-2)26-28-25-22-19-12-9-6-3/h27H,4-26H2,1-3H3. The first-order valence-corrected chi connectivity index (χ1v) is 13.4. The maximum absolute atomic E-state index is 6.09. The van der Waals surface area contributed by atoms with Crippen LogP contribution >= 0.6 is 0 Å². The van der Waals surface area contributed by atoms with E-state index in [9.17, 15) is 0 Å². The van der Waals surface area contributed by atoms with Gasteiger partial charge in [0.2, 0.25) is 0 Å². The fourth-order valence-corrected chi connectivity index (χ4v) is 4.15. The van der Waals surface area contributed by atoms with Gasteiger partial charge in [-0.05, 0) is 25.2 Å². The molecular weight excluding hydrogens is 340 g/mol. The molecule has 0 aliphatic carbocycles. The highest BCUT2D eigenvalue weighted by Gasteiger charge is 2.09. The Bertz CT molecular complexity index is 263. The molecule has 0 spiro atoms. The van der Waals surface area contributed by atoms with E-state index in [1.165, 1.54) is 135 Å². The van der Waals surface area contributed by atoms with Crippen LogP contribution in [-0.4, -0.2) is 13.2 Å². The zero-order chi connectivity index (χ0) is 20.5. The van der Waals surface area contributed by atoms with Crippen LogP contribution in [0.5, 0.6) is 0 Å². The van der Waals surface area contributed by atoms with Gasteiger partial charge >= 0.3 is 0 Å². The van der Waals surface area contributed by atoms with Gasteiger partial charge in [-0.1, -0.05) is 136 Å². The van der Waals surface area contributed by atoms with Crippen LogP contribution < -0.4 is 0 Å². The Morgan fingerprint density at radius 2 is 0.786 bits per heavy atom. The highest BCUT2D eigenvalue weighted by Crippen LogP contribution is 2.20. The molecule has 170 valence electrons. The molecular formula is C27H56O. The van der Waals surface area contributed by atoms with Crippen LogP contribution in [0.15, 0.2) is 0 Å². The summed E-state index contributed by atoms with van der Waals surface area (Å²) in [6, 6.07) is 0. The average molecular weight is 397 g/mol. The van der Waals surface area contributed by atoms with Crippen molar-refractivity contribution in [2.45, 2.75) is 156 Å². The van der Waals surface area contributed by atoms with E-state index >= 15 is 0 Å². The molecule has 1 heteroatoms. The largest absolute Gasteiger partial charge is 0.381 e. The second-order valence-corrected chi connectivity index (χ2v) is 9.18. The molecule has 1 nitrogen and oxygen atoms in total. The van der Waals surface area contributed by atoms with Gasteiger partial charge < -0.3 is 4.74 Å². The summed E-state index contributed by atoms with van der Waals surface area (Å²) in [4.78, 5) is 0. The predicted molar refractivity (Wildman–Crippen MR) is 128 cm³/mol. The van der Waals surface area contributed by atoms with Crippen LogP contribution in [-0.2, 0) is 4.74 Å². The minimum atomic E-state index is 0.821. The Hall–Kier alpha value is -0.0400. The first-order chi connectivity index (χ1) is 13.8. The normalized spacial score (nSPS) is 12.5. The molecule has 0 aromatic heterocycles. The van der Waals surface area contributed by atoms with Gasteiger partial charge in [-0.25, -0.2) is 0 Å². The second kappa shape index (κ2) is 25.0. The van der Waals surface area contributed by atoms with Crippen molar-refractivity contribution in [1.82, 2.24) is 0 Å². The third-order valence-electron chi connectivity index (χ3n) is 6.18. The average Bonchev–Trinajstić information content (AvgIpc) is 2.71. The fraction of sp³-hybridized carbons (Fsp3) is 1.00. The molecule has 0 aromatic rings. The summed E-state index contributed by atoms with van der Waals surface area (Å²) in [6.45, 7) is 8.92. The maximum atomic E-state index is 6.09. The van der Waals surface area contributed by atoms with Crippen molar-refractivity contribution >= 4 is 0 Å². The van der Waals surface area contributed by atoms with E-state index in [4.69, 9.17) is 4.74 Å². The molecule has 0 aliphatic heterocycles. The maximum Gasteiger partial charge on any atom is 0.0494 e. The minimum Gasteiger partial charge on any atom is -0.381 e. The first kappa shape index (κ1) is 28.0. The van der Waals surface area contributed by atoms with Crippen molar-refractivity contribution in [3.8, 4) is 0 Å². The molecule has 0 fully saturated rings. The summed E-state index contributed by atoms with van der Waals surface area (Å²) >= 11 is 0. The van der Waals surface area contributed by atoms with Crippen molar-refractivity contribution < 1.29 is 4.74 Å². The summed E-state index contributed by atoms with van der Waals surface area (Å²) in [5.74, 6) is 0.821. The lowest BCUT2D eigenvalue weighted by molar-refractivity contribution is 0.0879. The number of unbranched alkanes of at least 4 members (excludes halogenated alkanes) is 16. The molecule has 0 aromatic carbocycles. The van der Waals surface area contributed by atoms with Crippen LogP contribution in [0.4, 0.5) is 0 Å². The van der Waals surface area contributed by atoms with E-state index < -0.39 is 0 Å². The first-order valence-electron chi connectivity index (χ1n) is 13.4. The van der Waals surface area contributed by atoms with E-state index in [0.717, 1.165) is 19.1 Å². The molecule has 0 aliphatic rings. The minimum absolute atomic E-state index is 0.821. The lowest BCUT2D eigenvalue weighted by atomic mass is 9.94. The molecule has 0 rings (SSSR count). The van der Waals surface area contributed by atoms with Crippen LogP contribution in [0.3, 0.4) is 0 Å². The van der Waals surface area contributed by atoms with Gasteiger partial charge in [0.1, 0.15) is 0 Å². The Labute approximate surface area is 179 Å². The van der Waals surface area contributed by atoms with Gasteiger partial charge in [-0.2, -0.15) is 0 Å². The quantitative estimate of drug-likeness (QED) is 0.147. The van der Waals surface area contributed by atoms with E-state index in [-0.39, 0.29) is 0 Å². The predicted octanol–water partition coefficient (Wildman–Crippen LogP) is 9.87. The molecule has 0 amide bonds. The van der Waals surface area contributed by atoms with E-state index in [1.54, 1.807) is 0 Å². The molecule has 1 atom stereocenters. The summed E-state index contributed by atoms with van der Waals surface area (Å²) < 4.78 is 6.09. The molecule has 1 unspecified atom stereocenters. The number of ether oxygens (including phenoxy) is 1. The zero-order valence-electron chi connectivity index (χ0n) is 20.2. The van der Waals surface area contributed by atoms with Crippen molar-refractivity contribution in [3.63, 3.8) is 0 Å². The van der Waals surface area contributed by atoms with Crippen molar-refractivity contribution in [1.29, 1.82) is 0 Å². The smallest absolute Gasteiger partial charge is 0.0494 e. The summed E-state index contributed by atoms with van der Waals surface area (Å²) in [5, 5.41) is 0. The van der Waals surface area contributed by atoms with Crippen LogP contribution in [0, 0.1) is 5.92 Å². The summed E-state index contributed by atoms with van der Waals surface area (Å²) in [6.07, 6.45) is 29.5. The SMILES string of the molecule is CCCCCCCCCCC(CCCCCCCC)COCCCCCCC. The van der Waals surface area contributed by atoms with Crippen molar-refractivity contribution in [2.24, 2.45) is 5.92 Å². The molecule has 0 heterocycles. The van der Waals surface area contributed by atoms with Gasteiger partial charge in [-0.3, -0.25) is 0 Å². The van der Waals surface area contributed by atoms with E-state index in [2.05, 4.69) is 20.8 Å². The Kier molecular flexibility index (Phi) is 25.0. The molecule has 0 saturated heterocycles. The molecule has 0 saturated carbocycles. The van der Waals surface area contributed by atoms with Crippen LogP contribution in [0.1, 0.15) is 156 Å². The van der Waals surface area contributed by atoms with E-state index in [0.29, 0.717) is 0 Å². The summed E-state index contributed by atoms with van der Waals surface area (Å²) in [7, 11) is 0. The third kappa shape index (κ3) is 22.3. The molecule has 28 heavy (non-hydrogen) atoms. The summed E-state index contributed by atoms with van der Waals surface area (Å²) in [5.41, 5.74) is 0. The van der Waals surface area contributed by atoms with Crippen molar-refractivity contribution in [2.75, 3.05) is 13.2 Å². The highest BCUT2D eigenvalue weighted by atomic mass is 16.5. The number of hydrogen-bond donors (Lipinski definition) is 0. The molecule has 0 radical (unpaired) electrons. The van der Waals surface area contributed by atoms with Gasteiger partial charge in [0.05, 0.1) is 0 Å². The Balaban J connectivity index is 3.78. The topological polar surface area (TPSA) is 9.23 Å². The van der Waals surface area contributed by atoms with Gasteiger partial charge in [-0.15, -0.1) is 0 Å². The van der Waals surface area contributed by atoms with Gasteiger partial charge in [0.25, 0.3) is 0 Å². The lowest BCUT2D eigenvalue weighted by Gasteiger charge is -2.17. The van der Waals surface area contributed by atoms with Gasteiger partial charge in [0, 0.05) is 13.2 Å². The fourth-order valence-electron chi connectivity index (χ4n) is 4.15. The Morgan fingerprint density at radius 1 is 0.429 bits per heavy atom. The van der Waals surface area contributed by atoms with Gasteiger partial charge in [0.15, 0.2) is 0 Å². The number of rotatable bonds is 24. The highest BCUT2D eigenvalue weighted by molar-refractivity contribution is 4.61. The van der Waals surface area contributed by atoms with Crippen molar-refractivity contribution in [3.05, 3.63) is 0 Å². The molecule has 0 N–H and O–H groups in total. The Morgan fingerprint density at radius 3 is 1.21 bits per heavy atom. The van der Waals surface area contributed by atoms with Crippen LogP contribution in [0.25, 0.3) is 0 Å². The second-order valence-electron chi connectivity index (χ2n) is 9.18. The molecule has 0 bridgehead atoms. The monoisotopic (exact) mass is 396 g/mol. The zero-order valence-corrected chi connectivity index (χ0v) is 20.2. The third-order valence-corrected chi connectivity index (χ3v) is 6.18. The lowest BCUT2D eigenvalue weighted by Crippen LogP contribution is -2.11.